The Bertz CT molecular complexity index is 337. The number of methoxy groups -OCH3 is 1. The maximum atomic E-state index is 9.01. The molecule has 0 heterocycles. The summed E-state index contributed by atoms with van der Waals surface area (Å²) in [6.45, 7) is 6.32. The molecule has 1 atom stereocenters. The Labute approximate surface area is 95.7 Å². The van der Waals surface area contributed by atoms with Gasteiger partial charge in [-0.1, -0.05) is 6.92 Å². The van der Waals surface area contributed by atoms with Crippen molar-refractivity contribution in [2.24, 2.45) is 0 Å². The lowest BCUT2D eigenvalue weighted by Gasteiger charge is -2.13. The molecule has 0 amide bonds. The van der Waals surface area contributed by atoms with Gasteiger partial charge in [0.15, 0.2) is 0 Å². The lowest BCUT2D eigenvalue weighted by Crippen LogP contribution is -2.02. The van der Waals surface area contributed by atoms with Gasteiger partial charge in [-0.25, -0.2) is 0 Å². The second-order valence-electron chi connectivity index (χ2n) is 3.70. The summed E-state index contributed by atoms with van der Waals surface area (Å²) >= 11 is 1.70. The molecule has 0 fully saturated rings. The van der Waals surface area contributed by atoms with Crippen LogP contribution in [0.2, 0.25) is 0 Å². The first-order valence-corrected chi connectivity index (χ1v) is 5.89. The zero-order chi connectivity index (χ0) is 11.4. The molecule has 0 spiro atoms. The van der Waals surface area contributed by atoms with Gasteiger partial charge in [-0.15, -0.1) is 11.8 Å². The Morgan fingerprint density at radius 3 is 2.53 bits per heavy atom. The van der Waals surface area contributed by atoms with E-state index in [2.05, 4.69) is 13.0 Å². The second-order valence-corrected chi connectivity index (χ2v) is 5.18. The molecule has 0 saturated heterocycles. The predicted octanol–water partition coefficient (Wildman–Crippen LogP) is 2.78. The van der Waals surface area contributed by atoms with Crippen LogP contribution in [0.4, 0.5) is 0 Å². The summed E-state index contributed by atoms with van der Waals surface area (Å²) < 4.78 is 5.25. The molecule has 1 N–H and O–H groups in total. The third-order valence-corrected chi connectivity index (χ3v) is 3.52. The molecule has 0 bridgehead atoms. The molecular formula is C12H18O2S. The van der Waals surface area contributed by atoms with Gasteiger partial charge in [0.05, 0.1) is 13.7 Å². The Hall–Kier alpha value is -0.670. The van der Waals surface area contributed by atoms with Crippen molar-refractivity contribution in [2.45, 2.75) is 30.9 Å². The smallest absolute Gasteiger partial charge is 0.122 e. The number of aliphatic hydroxyl groups is 1. The zero-order valence-corrected chi connectivity index (χ0v) is 10.5. The van der Waals surface area contributed by atoms with Crippen LogP contribution >= 0.6 is 11.8 Å². The molecule has 1 rings (SSSR count). The van der Waals surface area contributed by atoms with Gasteiger partial charge in [0, 0.05) is 10.1 Å². The first-order valence-electron chi connectivity index (χ1n) is 5.01. The molecule has 0 radical (unpaired) electrons. The van der Waals surface area contributed by atoms with E-state index in [1.165, 1.54) is 10.5 Å². The van der Waals surface area contributed by atoms with Crippen LogP contribution in [0.3, 0.4) is 0 Å². The number of benzene rings is 1. The fraction of sp³-hybridized carbons (Fsp3) is 0.500. The van der Waals surface area contributed by atoms with Gasteiger partial charge in [0.2, 0.25) is 0 Å². The Morgan fingerprint density at radius 1 is 1.33 bits per heavy atom. The van der Waals surface area contributed by atoms with Crippen molar-refractivity contribution >= 4 is 11.8 Å². The number of hydrogen-bond acceptors (Lipinski definition) is 3. The molecular weight excluding hydrogens is 208 g/mol. The standard InChI is InChI=1S/C12H18O2S/c1-8-6-12(15-10(3)7-13)9(2)5-11(8)14-4/h5-6,10,13H,7H2,1-4H3. The van der Waals surface area contributed by atoms with E-state index in [9.17, 15) is 0 Å². The van der Waals surface area contributed by atoms with Crippen LogP contribution in [0.5, 0.6) is 5.75 Å². The summed E-state index contributed by atoms with van der Waals surface area (Å²) in [4.78, 5) is 1.22. The van der Waals surface area contributed by atoms with Crippen LogP contribution in [0.15, 0.2) is 17.0 Å². The van der Waals surface area contributed by atoms with Gasteiger partial charge in [0.25, 0.3) is 0 Å². The van der Waals surface area contributed by atoms with Gasteiger partial charge in [-0.3, -0.25) is 0 Å². The SMILES string of the molecule is COc1cc(C)c(SC(C)CO)cc1C. The molecule has 0 saturated carbocycles. The van der Waals surface area contributed by atoms with Crippen molar-refractivity contribution in [1.29, 1.82) is 0 Å². The molecule has 2 nitrogen and oxygen atoms in total. The lowest BCUT2D eigenvalue weighted by atomic mass is 10.1. The van der Waals surface area contributed by atoms with Crippen LogP contribution in [0.1, 0.15) is 18.1 Å². The van der Waals surface area contributed by atoms with E-state index in [4.69, 9.17) is 9.84 Å². The minimum absolute atomic E-state index is 0.204. The Balaban J connectivity index is 2.95. The van der Waals surface area contributed by atoms with Gasteiger partial charge in [-0.05, 0) is 37.1 Å². The topological polar surface area (TPSA) is 29.5 Å². The Kier molecular flexibility index (Phi) is 4.48. The molecule has 0 aromatic heterocycles. The van der Waals surface area contributed by atoms with E-state index in [1.54, 1.807) is 18.9 Å². The number of thioether (sulfide) groups is 1. The highest BCUT2D eigenvalue weighted by molar-refractivity contribution is 8.00. The minimum Gasteiger partial charge on any atom is -0.496 e. The Morgan fingerprint density at radius 2 is 2.00 bits per heavy atom. The van der Waals surface area contributed by atoms with E-state index < -0.39 is 0 Å². The van der Waals surface area contributed by atoms with E-state index in [1.807, 2.05) is 19.9 Å². The molecule has 3 heteroatoms. The maximum absolute atomic E-state index is 9.01. The quantitative estimate of drug-likeness (QED) is 0.801. The second kappa shape index (κ2) is 5.42. The van der Waals surface area contributed by atoms with Gasteiger partial charge in [0.1, 0.15) is 5.75 Å². The molecule has 1 unspecified atom stereocenters. The predicted molar refractivity (Wildman–Crippen MR) is 64.9 cm³/mol. The monoisotopic (exact) mass is 226 g/mol. The fourth-order valence-corrected chi connectivity index (χ4v) is 2.36. The molecule has 84 valence electrons. The number of rotatable bonds is 4. The lowest BCUT2D eigenvalue weighted by molar-refractivity contribution is 0.300. The first-order chi connectivity index (χ1) is 7.08. The van der Waals surface area contributed by atoms with Gasteiger partial charge in [-0.2, -0.15) is 0 Å². The summed E-state index contributed by atoms with van der Waals surface area (Å²) in [6, 6.07) is 4.16. The third kappa shape index (κ3) is 3.14. The van der Waals surface area contributed by atoms with E-state index in [-0.39, 0.29) is 11.9 Å². The number of ether oxygens (including phenoxy) is 1. The molecule has 1 aromatic carbocycles. The largest absolute Gasteiger partial charge is 0.496 e. The summed E-state index contributed by atoms with van der Waals surface area (Å²) in [7, 11) is 1.69. The fourth-order valence-electron chi connectivity index (χ4n) is 1.36. The van der Waals surface area contributed by atoms with Gasteiger partial charge < -0.3 is 9.84 Å². The minimum atomic E-state index is 0.204. The van der Waals surface area contributed by atoms with Crippen molar-refractivity contribution in [2.75, 3.05) is 13.7 Å². The van der Waals surface area contributed by atoms with Crippen molar-refractivity contribution in [3.05, 3.63) is 23.3 Å². The third-order valence-electron chi connectivity index (χ3n) is 2.28. The van der Waals surface area contributed by atoms with Crippen LogP contribution in [-0.4, -0.2) is 24.1 Å². The summed E-state index contributed by atoms with van der Waals surface area (Å²) in [6.07, 6.45) is 0. The normalized spacial score (nSPS) is 12.6. The van der Waals surface area contributed by atoms with E-state index in [0.29, 0.717) is 0 Å². The average Bonchev–Trinajstić information content (AvgIpc) is 2.22. The molecule has 1 aromatic rings. The van der Waals surface area contributed by atoms with Crippen molar-refractivity contribution in [1.82, 2.24) is 0 Å². The molecule has 0 aliphatic heterocycles. The highest BCUT2D eigenvalue weighted by Crippen LogP contribution is 2.31. The van der Waals surface area contributed by atoms with Crippen molar-refractivity contribution in [3.63, 3.8) is 0 Å². The van der Waals surface area contributed by atoms with Crippen molar-refractivity contribution < 1.29 is 9.84 Å². The van der Waals surface area contributed by atoms with Gasteiger partial charge >= 0.3 is 0 Å². The summed E-state index contributed by atoms with van der Waals surface area (Å²) in [5.74, 6) is 0.925. The molecule has 0 aliphatic rings. The van der Waals surface area contributed by atoms with Crippen LogP contribution in [0, 0.1) is 13.8 Å². The van der Waals surface area contributed by atoms with E-state index >= 15 is 0 Å². The number of aryl methyl sites for hydroxylation is 2. The van der Waals surface area contributed by atoms with Crippen molar-refractivity contribution in [3.8, 4) is 5.75 Å². The zero-order valence-electron chi connectivity index (χ0n) is 9.70. The number of hydrogen-bond donors (Lipinski definition) is 1. The van der Waals surface area contributed by atoms with Crippen LogP contribution in [0.25, 0.3) is 0 Å². The molecule has 15 heavy (non-hydrogen) atoms. The first kappa shape index (κ1) is 12.4. The molecule has 0 aliphatic carbocycles. The summed E-state index contributed by atoms with van der Waals surface area (Å²) in [5.41, 5.74) is 2.33. The van der Waals surface area contributed by atoms with Crippen LogP contribution < -0.4 is 4.74 Å². The van der Waals surface area contributed by atoms with E-state index in [0.717, 1.165) is 11.3 Å². The van der Waals surface area contributed by atoms with Crippen LogP contribution in [-0.2, 0) is 0 Å². The summed E-state index contributed by atoms with van der Waals surface area (Å²) in [5, 5.41) is 9.24. The average molecular weight is 226 g/mol. The number of aliphatic hydroxyl groups excluding tert-OH is 1. The highest BCUT2D eigenvalue weighted by atomic mass is 32.2. The maximum Gasteiger partial charge on any atom is 0.122 e. The highest BCUT2D eigenvalue weighted by Gasteiger charge is 2.08.